The predicted molar refractivity (Wildman–Crippen MR) is 146 cm³/mol. The minimum Gasteiger partial charge on any atom is -0.475 e. The fraction of sp³-hybridized carbons (Fsp3) is 0.280. The number of carboxylic acid groups (broad SMARTS) is 1. The molecular weight excluding hydrogens is 591 g/mol. The van der Waals surface area contributed by atoms with Gasteiger partial charge in [0.05, 0.1) is 11.6 Å². The molecule has 0 radical (unpaired) electrons. The zero-order valence-electron chi connectivity index (χ0n) is 22.8. The summed E-state index contributed by atoms with van der Waals surface area (Å²) in [5.41, 5.74) is 1.61. The van der Waals surface area contributed by atoms with Gasteiger partial charge in [-0.1, -0.05) is 0 Å². The van der Waals surface area contributed by atoms with Crippen LogP contribution in [0.1, 0.15) is 12.8 Å². The van der Waals surface area contributed by atoms with Crippen molar-refractivity contribution in [3.05, 3.63) is 49.1 Å². The quantitative estimate of drug-likeness (QED) is 0.233. The number of rotatable bonds is 4. The van der Waals surface area contributed by atoms with Gasteiger partial charge in [0.1, 0.15) is 0 Å². The Balaban J connectivity index is 0.000000493. The van der Waals surface area contributed by atoms with E-state index in [1.54, 1.807) is 65.7 Å². The molecule has 19 heteroatoms. The number of urea groups is 2. The number of aryl methyl sites for hydroxylation is 1. The number of hydrogen-bond acceptors (Lipinski definition) is 9. The molecule has 44 heavy (non-hydrogen) atoms. The van der Waals surface area contributed by atoms with Crippen LogP contribution in [0.25, 0.3) is 28.3 Å². The highest BCUT2D eigenvalue weighted by molar-refractivity contribution is 5.94. The molecule has 0 aromatic carbocycles. The van der Waals surface area contributed by atoms with Gasteiger partial charge in [-0.25, -0.2) is 19.4 Å². The number of fused-ring (bicyclic) bond motifs is 3. The Morgan fingerprint density at radius 2 is 1.75 bits per heavy atom. The Bertz CT molecular complexity index is 1780. The van der Waals surface area contributed by atoms with Crippen molar-refractivity contribution < 1.29 is 37.1 Å². The van der Waals surface area contributed by atoms with Gasteiger partial charge in [-0.05, 0) is 37.1 Å². The Morgan fingerprint density at radius 3 is 2.39 bits per heavy atom. The molecule has 4 N–H and O–H groups in total. The van der Waals surface area contributed by atoms with Crippen LogP contribution in [0.2, 0.25) is 0 Å². The summed E-state index contributed by atoms with van der Waals surface area (Å²) in [5.74, 6) is -1.72. The lowest BCUT2D eigenvalue weighted by Crippen LogP contribution is -2.48. The van der Waals surface area contributed by atoms with Crippen LogP contribution in [0.15, 0.2) is 53.5 Å². The molecule has 6 heterocycles. The number of alkyl halides is 3. The number of aromatic nitrogens is 7. The molecule has 5 aromatic rings. The van der Waals surface area contributed by atoms with Crippen molar-refractivity contribution >= 4 is 46.3 Å². The van der Waals surface area contributed by atoms with Crippen LogP contribution in [-0.2, 0) is 11.8 Å². The van der Waals surface area contributed by atoms with E-state index in [-0.39, 0.29) is 18.0 Å². The molecule has 4 amide bonds. The Labute approximate surface area is 244 Å². The van der Waals surface area contributed by atoms with Crippen molar-refractivity contribution in [1.29, 1.82) is 0 Å². The number of nitrogens with zero attached hydrogens (tertiary/aromatic N) is 8. The van der Waals surface area contributed by atoms with Crippen LogP contribution in [-0.4, -0.2) is 87.7 Å². The third kappa shape index (κ3) is 6.82. The molecule has 1 aliphatic rings. The number of pyridine rings is 1. The minimum atomic E-state index is -5.08. The molecule has 6 rings (SSSR count). The number of piperidine rings is 1. The van der Waals surface area contributed by atoms with Crippen molar-refractivity contribution in [3.8, 4) is 11.6 Å². The van der Waals surface area contributed by atoms with E-state index in [9.17, 15) is 22.8 Å². The maximum Gasteiger partial charge on any atom is 0.490 e. The van der Waals surface area contributed by atoms with E-state index >= 15 is 0 Å². The van der Waals surface area contributed by atoms with Gasteiger partial charge < -0.3 is 25.1 Å². The average molecular weight is 616 g/mol. The third-order valence-corrected chi connectivity index (χ3v) is 6.33. The first kappa shape index (κ1) is 29.7. The predicted octanol–water partition coefficient (Wildman–Crippen LogP) is 3.12. The van der Waals surface area contributed by atoms with Crippen LogP contribution in [0.5, 0.6) is 0 Å². The fourth-order valence-electron chi connectivity index (χ4n) is 4.28. The summed E-state index contributed by atoms with van der Waals surface area (Å²) in [6.45, 7) is 1.03. The van der Waals surface area contributed by atoms with Gasteiger partial charge in [0.15, 0.2) is 17.1 Å². The SMILES string of the molecule is Cn1cc2c(nc(NC(=O)NC3CCN(C(=O)Nc4ccncc4)CC3)n3nc(-c4ccco4)nc23)n1.O=C(O)C(F)(F)F. The number of carbonyl (C=O) groups excluding carboxylic acids is 2. The zero-order valence-corrected chi connectivity index (χ0v) is 22.8. The number of aliphatic carboxylic acids is 1. The first-order valence-electron chi connectivity index (χ1n) is 13.0. The highest BCUT2D eigenvalue weighted by Gasteiger charge is 2.38. The molecule has 0 saturated carbocycles. The molecule has 0 unspecified atom stereocenters. The van der Waals surface area contributed by atoms with Crippen LogP contribution in [0.3, 0.4) is 0 Å². The number of carbonyl (C=O) groups is 3. The first-order chi connectivity index (χ1) is 21.0. The number of likely N-dealkylation sites (tertiary alicyclic amines) is 1. The second-order valence-corrected chi connectivity index (χ2v) is 9.45. The Morgan fingerprint density at radius 1 is 1.05 bits per heavy atom. The number of carboxylic acids is 1. The summed E-state index contributed by atoms with van der Waals surface area (Å²) < 4.78 is 40.3. The Hall–Kier alpha value is -5.75. The normalized spacial score (nSPS) is 13.8. The number of anilines is 2. The largest absolute Gasteiger partial charge is 0.490 e. The van der Waals surface area contributed by atoms with E-state index < -0.39 is 18.2 Å². The molecule has 5 aromatic heterocycles. The van der Waals surface area contributed by atoms with Crippen molar-refractivity contribution in [2.75, 3.05) is 23.7 Å². The zero-order chi connectivity index (χ0) is 31.4. The lowest BCUT2D eigenvalue weighted by atomic mass is 10.1. The number of amides is 4. The fourth-order valence-corrected chi connectivity index (χ4v) is 4.28. The van der Waals surface area contributed by atoms with Gasteiger partial charge in [0.25, 0.3) is 0 Å². The van der Waals surface area contributed by atoms with E-state index in [0.29, 0.717) is 59.9 Å². The summed E-state index contributed by atoms with van der Waals surface area (Å²) in [6.07, 6.45) is 2.72. The molecule has 1 fully saturated rings. The molecule has 230 valence electrons. The van der Waals surface area contributed by atoms with Crippen molar-refractivity contribution in [2.24, 2.45) is 7.05 Å². The maximum absolute atomic E-state index is 12.9. The number of hydrogen-bond donors (Lipinski definition) is 4. The van der Waals surface area contributed by atoms with E-state index in [0.717, 1.165) is 0 Å². The molecule has 0 aliphatic carbocycles. The van der Waals surface area contributed by atoms with Gasteiger partial charge in [-0.2, -0.15) is 27.8 Å². The lowest BCUT2D eigenvalue weighted by Gasteiger charge is -2.32. The summed E-state index contributed by atoms with van der Waals surface area (Å²) in [6, 6.07) is 6.26. The topological polar surface area (TPSA) is 198 Å². The minimum absolute atomic E-state index is 0.103. The highest BCUT2D eigenvalue weighted by atomic mass is 19.4. The molecule has 1 saturated heterocycles. The van der Waals surface area contributed by atoms with E-state index in [2.05, 4.69) is 41.1 Å². The number of nitrogens with one attached hydrogen (secondary N) is 3. The molecule has 1 aliphatic heterocycles. The Kier molecular flexibility index (Phi) is 8.27. The number of furan rings is 1. The summed E-state index contributed by atoms with van der Waals surface area (Å²) in [5, 5.41) is 25.3. The monoisotopic (exact) mass is 615 g/mol. The van der Waals surface area contributed by atoms with Gasteiger partial charge in [-0.3, -0.25) is 15.0 Å². The second-order valence-electron chi connectivity index (χ2n) is 9.45. The van der Waals surface area contributed by atoms with Crippen molar-refractivity contribution in [3.63, 3.8) is 0 Å². The summed E-state index contributed by atoms with van der Waals surface area (Å²) >= 11 is 0. The maximum atomic E-state index is 12.9. The van der Waals surface area contributed by atoms with Crippen LogP contribution in [0, 0.1) is 0 Å². The van der Waals surface area contributed by atoms with E-state index in [4.69, 9.17) is 14.3 Å². The van der Waals surface area contributed by atoms with E-state index in [1.807, 2.05) is 0 Å². The smallest absolute Gasteiger partial charge is 0.475 e. The third-order valence-electron chi connectivity index (χ3n) is 6.33. The van der Waals surface area contributed by atoms with Gasteiger partial charge >= 0.3 is 24.2 Å². The second kappa shape index (κ2) is 12.2. The first-order valence-corrected chi connectivity index (χ1v) is 13.0. The molecule has 16 nitrogen and oxygen atoms in total. The van der Waals surface area contributed by atoms with Crippen molar-refractivity contribution in [2.45, 2.75) is 25.1 Å². The average Bonchev–Trinajstić information content (AvgIpc) is 3.73. The summed E-state index contributed by atoms with van der Waals surface area (Å²) in [4.78, 5) is 49.0. The lowest BCUT2D eigenvalue weighted by molar-refractivity contribution is -0.192. The summed E-state index contributed by atoms with van der Waals surface area (Å²) in [7, 11) is 1.78. The van der Waals surface area contributed by atoms with Crippen molar-refractivity contribution in [1.82, 2.24) is 44.6 Å². The molecule has 0 bridgehead atoms. The molecular formula is C25H24F3N11O5. The van der Waals surface area contributed by atoms with Gasteiger partial charge in [0, 0.05) is 50.5 Å². The molecule has 0 spiro atoms. The van der Waals surface area contributed by atoms with Gasteiger partial charge in [-0.15, -0.1) is 5.10 Å². The highest BCUT2D eigenvalue weighted by Crippen LogP contribution is 2.24. The van der Waals surface area contributed by atoms with Crippen LogP contribution >= 0.6 is 0 Å². The molecule has 0 atom stereocenters. The number of halogens is 3. The van der Waals surface area contributed by atoms with Crippen LogP contribution in [0.4, 0.5) is 34.4 Å². The van der Waals surface area contributed by atoms with Gasteiger partial charge in [0.2, 0.25) is 11.8 Å². The standard InChI is InChI=1S/C23H23N11O3.C2HF3O2/c1-32-13-16-18(30-32)28-21(34-20(16)27-19(31-34)17-3-2-12-37-17)29-22(35)25-15-6-10-33(11-7-15)23(36)26-14-4-8-24-9-5-14;3-2(4,5)1(6)7/h2-5,8-9,12-13,15H,6-7,10-11H2,1H3,(H,24,26,36)(H2,25,28,29,30,35);(H,6,7). The van der Waals surface area contributed by atoms with E-state index in [1.165, 1.54) is 4.52 Å². The van der Waals surface area contributed by atoms with Crippen LogP contribution < -0.4 is 16.0 Å².